The van der Waals surface area contributed by atoms with E-state index >= 15 is 0 Å². The number of aromatic amines is 1. The Morgan fingerprint density at radius 1 is 1.15 bits per heavy atom. The van der Waals surface area contributed by atoms with Crippen LogP contribution in [0.1, 0.15) is 46.1 Å². The summed E-state index contributed by atoms with van der Waals surface area (Å²) >= 11 is 0. The number of nitrogens with two attached hydrogens (primary N) is 1. The molecule has 2 heterocycles. The first-order chi connectivity index (χ1) is 16.1. The molecule has 0 aliphatic carbocycles. The van der Waals surface area contributed by atoms with Crippen molar-refractivity contribution >= 4 is 28.8 Å². The molecule has 2 aromatic rings. The Labute approximate surface area is 201 Å². The number of anilines is 4. The van der Waals surface area contributed by atoms with Crippen molar-refractivity contribution in [3.63, 3.8) is 0 Å². The van der Waals surface area contributed by atoms with Crippen molar-refractivity contribution in [2.24, 2.45) is 11.8 Å². The van der Waals surface area contributed by atoms with E-state index in [2.05, 4.69) is 21.3 Å². The fourth-order valence-electron chi connectivity index (χ4n) is 4.43. The van der Waals surface area contributed by atoms with Gasteiger partial charge in [0.2, 0.25) is 5.91 Å². The van der Waals surface area contributed by atoms with Crippen LogP contribution in [0.25, 0.3) is 0 Å². The molecule has 1 aliphatic heterocycles. The molecule has 0 unspecified atom stereocenters. The lowest BCUT2D eigenvalue weighted by atomic mass is 10.1. The van der Waals surface area contributed by atoms with Crippen LogP contribution in [0.4, 0.5) is 22.9 Å². The lowest BCUT2D eigenvalue weighted by molar-refractivity contribution is -0.115. The predicted molar refractivity (Wildman–Crippen MR) is 139 cm³/mol. The number of hydrogen-bond acceptors (Lipinski definition) is 6. The van der Waals surface area contributed by atoms with Gasteiger partial charge in [-0.1, -0.05) is 27.7 Å². The highest BCUT2D eigenvalue weighted by molar-refractivity contribution is 5.95. The van der Waals surface area contributed by atoms with Gasteiger partial charge in [0.1, 0.15) is 11.5 Å². The number of amides is 1. The molecule has 0 spiro atoms. The maximum Gasteiger partial charge on any atom is 0.330 e. The first-order valence-electron chi connectivity index (χ1n) is 12.1. The quantitative estimate of drug-likeness (QED) is 0.519. The molecule has 1 aromatic carbocycles. The molecule has 4 N–H and O–H groups in total. The van der Waals surface area contributed by atoms with Crippen LogP contribution in [-0.2, 0) is 11.3 Å². The first-order valence-corrected chi connectivity index (χ1v) is 12.1. The number of hydrogen-bond donors (Lipinski definition) is 3. The number of carbonyl (C=O) groups is 1. The maximum atomic E-state index is 13.0. The standard InChI is InChI=1S/C25H38N6O3/c1-16(2)13-30(22-23(26)31(14-17(3)4)25(34)28-24(22)33)15-21(32)27-20-9-8-19(12-18(20)5)29-10-6-7-11-29/h8-9,12,16-17H,6-7,10-11,13-15,26H2,1-5H3,(H,27,32)(H,28,33,34). The van der Waals surface area contributed by atoms with Crippen molar-refractivity contribution in [3.8, 4) is 0 Å². The van der Waals surface area contributed by atoms with Crippen LogP contribution in [0, 0.1) is 18.8 Å². The molecule has 186 valence electrons. The molecule has 0 saturated carbocycles. The molecule has 0 radical (unpaired) electrons. The van der Waals surface area contributed by atoms with Gasteiger partial charge in [-0.25, -0.2) is 4.79 Å². The molecule has 0 bridgehead atoms. The van der Waals surface area contributed by atoms with Crippen LogP contribution in [0.2, 0.25) is 0 Å². The molecule has 1 aromatic heterocycles. The van der Waals surface area contributed by atoms with Gasteiger partial charge in [0.25, 0.3) is 5.56 Å². The number of benzene rings is 1. The second-order valence-electron chi connectivity index (χ2n) is 10.0. The largest absolute Gasteiger partial charge is 0.383 e. The van der Waals surface area contributed by atoms with Gasteiger partial charge in [0.15, 0.2) is 0 Å². The predicted octanol–water partition coefficient (Wildman–Crippen LogP) is 2.78. The lowest BCUT2D eigenvalue weighted by Gasteiger charge is -2.27. The molecule has 1 amide bonds. The molecule has 0 atom stereocenters. The van der Waals surface area contributed by atoms with Gasteiger partial charge in [-0.3, -0.25) is 19.1 Å². The normalized spacial score (nSPS) is 13.7. The molecule has 1 saturated heterocycles. The van der Waals surface area contributed by atoms with E-state index in [4.69, 9.17) is 5.73 Å². The summed E-state index contributed by atoms with van der Waals surface area (Å²) in [6.07, 6.45) is 2.41. The minimum atomic E-state index is -0.581. The smallest absolute Gasteiger partial charge is 0.330 e. The van der Waals surface area contributed by atoms with Crippen LogP contribution in [0.5, 0.6) is 0 Å². The van der Waals surface area contributed by atoms with Crippen molar-refractivity contribution in [3.05, 3.63) is 44.6 Å². The van der Waals surface area contributed by atoms with Crippen LogP contribution in [0.15, 0.2) is 27.8 Å². The summed E-state index contributed by atoms with van der Waals surface area (Å²) < 4.78 is 1.37. The highest BCUT2D eigenvalue weighted by atomic mass is 16.2. The van der Waals surface area contributed by atoms with Crippen LogP contribution < -0.4 is 32.1 Å². The minimum absolute atomic E-state index is 0.0569. The number of aromatic nitrogens is 2. The van der Waals surface area contributed by atoms with E-state index in [1.807, 2.05) is 46.8 Å². The van der Waals surface area contributed by atoms with Crippen LogP contribution in [0.3, 0.4) is 0 Å². The van der Waals surface area contributed by atoms with E-state index in [9.17, 15) is 14.4 Å². The summed E-state index contributed by atoms with van der Waals surface area (Å²) in [4.78, 5) is 44.5. The third kappa shape index (κ3) is 6.01. The van der Waals surface area contributed by atoms with Gasteiger partial charge in [-0.2, -0.15) is 0 Å². The minimum Gasteiger partial charge on any atom is -0.383 e. The zero-order valence-electron chi connectivity index (χ0n) is 21.0. The molecule has 3 rings (SSSR count). The number of nitrogens with one attached hydrogen (secondary N) is 2. The monoisotopic (exact) mass is 470 g/mol. The Balaban J connectivity index is 1.84. The Morgan fingerprint density at radius 2 is 1.82 bits per heavy atom. The van der Waals surface area contributed by atoms with Gasteiger partial charge < -0.3 is 20.9 Å². The third-order valence-electron chi connectivity index (χ3n) is 5.95. The molecule has 1 fully saturated rings. The Bertz CT molecular complexity index is 1130. The number of rotatable bonds is 9. The maximum absolute atomic E-state index is 13.0. The van der Waals surface area contributed by atoms with E-state index in [-0.39, 0.29) is 35.8 Å². The second kappa shape index (κ2) is 10.8. The van der Waals surface area contributed by atoms with E-state index in [1.54, 1.807) is 4.90 Å². The Hall–Kier alpha value is -3.23. The summed E-state index contributed by atoms with van der Waals surface area (Å²) in [5, 5.41) is 2.98. The topological polar surface area (TPSA) is 116 Å². The second-order valence-corrected chi connectivity index (χ2v) is 10.0. The number of carbonyl (C=O) groups excluding carboxylic acids is 1. The molecule has 1 aliphatic rings. The summed E-state index contributed by atoms with van der Waals surface area (Å²) in [6, 6.07) is 6.05. The first kappa shape index (κ1) is 25.4. The van der Waals surface area contributed by atoms with Gasteiger partial charge in [0, 0.05) is 37.6 Å². The number of nitrogen functional groups attached to an aromatic ring is 1. The van der Waals surface area contributed by atoms with Crippen molar-refractivity contribution in [1.82, 2.24) is 9.55 Å². The van der Waals surface area contributed by atoms with E-state index in [0.717, 1.165) is 24.3 Å². The number of nitrogens with zero attached hydrogens (tertiary/aromatic N) is 3. The SMILES string of the molecule is Cc1cc(N2CCCC2)ccc1NC(=O)CN(CC(C)C)c1c(N)n(CC(C)C)c(=O)[nH]c1=O. The molecule has 34 heavy (non-hydrogen) atoms. The number of aryl methyl sites for hydroxylation is 1. The number of H-pyrrole nitrogens is 1. The summed E-state index contributed by atoms with van der Waals surface area (Å²) in [5.74, 6) is 0.158. The molecular formula is C25H38N6O3. The van der Waals surface area contributed by atoms with Crippen molar-refractivity contribution in [2.75, 3.05) is 47.0 Å². The third-order valence-corrected chi connectivity index (χ3v) is 5.95. The van der Waals surface area contributed by atoms with Gasteiger partial charge in [-0.15, -0.1) is 0 Å². The van der Waals surface area contributed by atoms with Crippen molar-refractivity contribution in [1.29, 1.82) is 0 Å². The lowest BCUT2D eigenvalue weighted by Crippen LogP contribution is -2.43. The average molecular weight is 471 g/mol. The average Bonchev–Trinajstić information content (AvgIpc) is 3.26. The van der Waals surface area contributed by atoms with Crippen molar-refractivity contribution < 1.29 is 4.79 Å². The molecule has 9 nitrogen and oxygen atoms in total. The van der Waals surface area contributed by atoms with E-state index in [0.29, 0.717) is 13.1 Å². The zero-order chi connectivity index (χ0) is 25.0. The highest BCUT2D eigenvalue weighted by Crippen LogP contribution is 2.26. The van der Waals surface area contributed by atoms with Crippen LogP contribution >= 0.6 is 0 Å². The van der Waals surface area contributed by atoms with Gasteiger partial charge in [0.05, 0.1) is 6.54 Å². The molecule has 9 heteroatoms. The summed E-state index contributed by atoms with van der Waals surface area (Å²) in [6.45, 7) is 12.8. The fraction of sp³-hybridized carbons (Fsp3) is 0.560. The summed E-state index contributed by atoms with van der Waals surface area (Å²) in [7, 11) is 0. The summed E-state index contributed by atoms with van der Waals surface area (Å²) in [5.41, 5.74) is 8.23. The van der Waals surface area contributed by atoms with Gasteiger partial charge in [-0.05, 0) is 55.4 Å². The Kier molecular flexibility index (Phi) is 8.06. The van der Waals surface area contributed by atoms with Gasteiger partial charge >= 0.3 is 5.69 Å². The van der Waals surface area contributed by atoms with Crippen LogP contribution in [-0.4, -0.2) is 41.6 Å². The highest BCUT2D eigenvalue weighted by Gasteiger charge is 2.23. The Morgan fingerprint density at radius 3 is 2.41 bits per heavy atom. The van der Waals surface area contributed by atoms with E-state index in [1.165, 1.54) is 23.1 Å². The van der Waals surface area contributed by atoms with E-state index < -0.39 is 11.2 Å². The molecular weight excluding hydrogens is 432 g/mol. The fourth-order valence-corrected chi connectivity index (χ4v) is 4.43. The zero-order valence-corrected chi connectivity index (χ0v) is 21.0. The van der Waals surface area contributed by atoms with Crippen molar-refractivity contribution in [2.45, 2.75) is 54.0 Å².